The molecule has 0 spiro atoms. The number of aliphatic carboxylic acids is 1. The monoisotopic (exact) mass is 421 g/mol. The Balaban J connectivity index is 1.65. The number of allylic oxidation sites excluding steroid dienone is 1. The molecule has 2 N–H and O–H groups in total. The molecule has 0 saturated heterocycles. The number of imidazole rings is 1. The van der Waals surface area contributed by atoms with Crippen LogP contribution in [0.1, 0.15) is 49.1 Å². The first-order valence-electron chi connectivity index (χ1n) is 9.31. The van der Waals surface area contributed by atoms with Gasteiger partial charge in [-0.1, -0.05) is 18.2 Å². The van der Waals surface area contributed by atoms with E-state index in [2.05, 4.69) is 15.0 Å². The van der Waals surface area contributed by atoms with Crippen LogP contribution in [0.5, 0.6) is 5.75 Å². The molecule has 1 atom stereocenters. The van der Waals surface area contributed by atoms with Crippen LogP contribution in [-0.2, 0) is 11.0 Å². The molecule has 1 aromatic carbocycles. The molecule has 0 saturated carbocycles. The third kappa shape index (κ3) is 4.72. The number of halogens is 3. The largest absolute Gasteiger partial charge is 0.492 e. The van der Waals surface area contributed by atoms with Crippen molar-refractivity contribution in [3.63, 3.8) is 0 Å². The lowest BCUT2D eigenvalue weighted by Gasteiger charge is -2.20. The van der Waals surface area contributed by atoms with Crippen molar-refractivity contribution in [3.05, 3.63) is 53.1 Å². The number of nitrogens with one attached hydrogen (secondary N) is 1. The van der Waals surface area contributed by atoms with E-state index in [0.29, 0.717) is 17.7 Å². The number of aromatic amines is 1. The van der Waals surface area contributed by atoms with Crippen LogP contribution in [0.4, 0.5) is 13.2 Å². The fourth-order valence-corrected chi connectivity index (χ4v) is 2.89. The first-order valence-corrected chi connectivity index (χ1v) is 9.31. The smallest absolute Gasteiger partial charge is 0.435 e. The second-order valence-electron chi connectivity index (χ2n) is 7.79. The van der Waals surface area contributed by atoms with E-state index in [1.165, 1.54) is 13.1 Å². The molecule has 1 aromatic heterocycles. The lowest BCUT2D eigenvalue weighted by atomic mass is 9.95. The Kier molecular flexibility index (Phi) is 5.74. The number of hydrogen-bond donors (Lipinski definition) is 2. The maximum atomic E-state index is 12.9. The Morgan fingerprint density at radius 1 is 1.27 bits per heavy atom. The van der Waals surface area contributed by atoms with Crippen molar-refractivity contribution in [1.82, 2.24) is 9.97 Å². The normalized spacial score (nSPS) is 17.0. The van der Waals surface area contributed by atoms with Gasteiger partial charge in [-0.2, -0.15) is 13.2 Å². The molecule has 30 heavy (non-hydrogen) atoms. The van der Waals surface area contributed by atoms with Gasteiger partial charge in [-0.05, 0) is 44.9 Å². The fraction of sp³-hybridized carbons (Fsp3) is 0.381. The maximum absolute atomic E-state index is 12.9. The summed E-state index contributed by atoms with van der Waals surface area (Å²) in [6.45, 7) is 4.55. The Labute approximate surface area is 171 Å². The standard InChI is InChI=1S/C21H22F3N3O3/c1-12-17(21(22,23)24)27-18(26-12)14-6-9-16(25-10-14)13-4-7-15(8-5-13)30-11-20(2,3)19(28)29/h4-8,10,16H,9,11H2,1-3H3,(H,26,27)(H,28,29). The van der Waals surface area contributed by atoms with Gasteiger partial charge in [0.25, 0.3) is 0 Å². The van der Waals surface area contributed by atoms with Crippen LogP contribution in [0.15, 0.2) is 35.3 Å². The molecule has 2 heterocycles. The highest BCUT2D eigenvalue weighted by Gasteiger charge is 2.36. The minimum absolute atomic E-state index is 0.0319. The molecule has 0 bridgehead atoms. The minimum Gasteiger partial charge on any atom is -0.492 e. The number of carboxylic acids is 1. The van der Waals surface area contributed by atoms with E-state index in [1.54, 1.807) is 32.1 Å². The maximum Gasteiger partial charge on any atom is 0.435 e. The number of benzene rings is 1. The van der Waals surface area contributed by atoms with Crippen molar-refractivity contribution < 1.29 is 27.8 Å². The van der Waals surface area contributed by atoms with E-state index in [1.807, 2.05) is 12.1 Å². The molecule has 6 nitrogen and oxygen atoms in total. The van der Waals surface area contributed by atoms with Gasteiger partial charge in [0.05, 0.1) is 11.5 Å². The van der Waals surface area contributed by atoms with Crippen LogP contribution in [0, 0.1) is 12.3 Å². The zero-order valence-corrected chi connectivity index (χ0v) is 16.7. The van der Waals surface area contributed by atoms with Crippen molar-refractivity contribution in [2.75, 3.05) is 6.61 Å². The summed E-state index contributed by atoms with van der Waals surface area (Å²) in [4.78, 5) is 21.9. The summed E-state index contributed by atoms with van der Waals surface area (Å²) in [5, 5.41) is 9.13. The van der Waals surface area contributed by atoms with Gasteiger partial charge < -0.3 is 14.8 Å². The third-order valence-electron chi connectivity index (χ3n) is 4.82. The summed E-state index contributed by atoms with van der Waals surface area (Å²) in [6, 6.07) is 6.99. The number of alkyl halides is 3. The van der Waals surface area contributed by atoms with Crippen molar-refractivity contribution in [3.8, 4) is 5.75 Å². The lowest BCUT2D eigenvalue weighted by molar-refractivity contribution is -0.148. The Morgan fingerprint density at radius 3 is 2.43 bits per heavy atom. The quantitative estimate of drug-likeness (QED) is 0.700. The molecular weight excluding hydrogens is 399 g/mol. The van der Waals surface area contributed by atoms with Gasteiger partial charge in [0.1, 0.15) is 18.2 Å². The van der Waals surface area contributed by atoms with Gasteiger partial charge in [0.15, 0.2) is 5.69 Å². The van der Waals surface area contributed by atoms with Crippen LogP contribution >= 0.6 is 0 Å². The van der Waals surface area contributed by atoms with Gasteiger partial charge in [0, 0.05) is 17.5 Å². The number of nitrogens with zero attached hydrogens (tertiary/aromatic N) is 2. The van der Waals surface area contributed by atoms with Crippen LogP contribution in [0.3, 0.4) is 0 Å². The predicted octanol–water partition coefficient (Wildman–Crippen LogP) is 4.83. The van der Waals surface area contributed by atoms with Crippen LogP contribution in [-0.4, -0.2) is 33.9 Å². The summed E-state index contributed by atoms with van der Waals surface area (Å²) in [6.07, 6.45) is -0.668. The molecule has 1 aliphatic rings. The SMILES string of the molecule is Cc1[nH]c(C2=CCC(c3ccc(OCC(C)(C)C(=O)O)cc3)N=C2)nc1C(F)(F)F. The number of ether oxygens (including phenoxy) is 1. The number of aromatic nitrogens is 2. The molecule has 0 radical (unpaired) electrons. The van der Waals surface area contributed by atoms with Crippen LogP contribution in [0.2, 0.25) is 0 Å². The van der Waals surface area contributed by atoms with Gasteiger partial charge in [-0.3, -0.25) is 9.79 Å². The number of dihydropyridines is 1. The van der Waals surface area contributed by atoms with Gasteiger partial charge in [-0.25, -0.2) is 4.98 Å². The first-order chi connectivity index (χ1) is 14.0. The second kappa shape index (κ2) is 7.97. The predicted molar refractivity (Wildman–Crippen MR) is 106 cm³/mol. The average Bonchev–Trinajstić information content (AvgIpc) is 3.09. The van der Waals surface area contributed by atoms with Crippen LogP contribution in [0.25, 0.3) is 5.57 Å². The first kappa shape index (κ1) is 21.6. The van der Waals surface area contributed by atoms with E-state index < -0.39 is 23.3 Å². The summed E-state index contributed by atoms with van der Waals surface area (Å²) in [5.74, 6) is -0.242. The molecular formula is C21H22F3N3O3. The Bertz CT molecular complexity index is 989. The van der Waals surface area contributed by atoms with Crippen molar-refractivity contribution >= 4 is 17.8 Å². The van der Waals surface area contributed by atoms with Crippen LogP contribution < -0.4 is 4.74 Å². The molecule has 0 amide bonds. The number of carboxylic acid groups (broad SMARTS) is 1. The minimum atomic E-state index is -4.50. The highest BCUT2D eigenvalue weighted by atomic mass is 19.4. The summed E-state index contributed by atoms with van der Waals surface area (Å²) in [7, 11) is 0. The Morgan fingerprint density at radius 2 is 1.93 bits per heavy atom. The van der Waals surface area contributed by atoms with Crippen molar-refractivity contribution in [2.24, 2.45) is 10.4 Å². The van der Waals surface area contributed by atoms with Gasteiger partial charge in [-0.15, -0.1) is 0 Å². The lowest BCUT2D eigenvalue weighted by Crippen LogP contribution is -2.30. The summed E-state index contributed by atoms with van der Waals surface area (Å²) >= 11 is 0. The molecule has 3 rings (SSSR count). The highest BCUT2D eigenvalue weighted by molar-refractivity contribution is 6.09. The fourth-order valence-electron chi connectivity index (χ4n) is 2.89. The summed E-state index contributed by atoms with van der Waals surface area (Å²) in [5.41, 5.74) is -0.520. The summed E-state index contributed by atoms with van der Waals surface area (Å²) < 4.78 is 44.3. The second-order valence-corrected chi connectivity index (χ2v) is 7.79. The topological polar surface area (TPSA) is 87.6 Å². The molecule has 0 fully saturated rings. The van der Waals surface area contributed by atoms with E-state index in [-0.39, 0.29) is 24.2 Å². The molecule has 1 aliphatic heterocycles. The Hall–Kier alpha value is -3.10. The molecule has 1 unspecified atom stereocenters. The number of aliphatic imine (C=N–C) groups is 1. The van der Waals surface area contributed by atoms with Crippen molar-refractivity contribution in [2.45, 2.75) is 39.4 Å². The highest BCUT2D eigenvalue weighted by Crippen LogP contribution is 2.33. The number of hydrogen-bond acceptors (Lipinski definition) is 4. The number of rotatable bonds is 6. The average molecular weight is 421 g/mol. The van der Waals surface area contributed by atoms with Gasteiger partial charge in [0.2, 0.25) is 0 Å². The van der Waals surface area contributed by atoms with Crippen molar-refractivity contribution in [1.29, 1.82) is 0 Å². The van der Waals surface area contributed by atoms with E-state index in [0.717, 1.165) is 5.56 Å². The number of carbonyl (C=O) groups is 1. The molecule has 160 valence electrons. The molecule has 0 aliphatic carbocycles. The van der Waals surface area contributed by atoms with E-state index >= 15 is 0 Å². The number of aryl methyl sites for hydroxylation is 1. The third-order valence-corrected chi connectivity index (χ3v) is 4.82. The van der Waals surface area contributed by atoms with E-state index in [9.17, 15) is 18.0 Å². The van der Waals surface area contributed by atoms with E-state index in [4.69, 9.17) is 9.84 Å². The molecule has 2 aromatic rings. The zero-order chi connectivity index (χ0) is 22.1. The van der Waals surface area contributed by atoms with Gasteiger partial charge >= 0.3 is 12.1 Å². The molecule has 9 heteroatoms. The zero-order valence-electron chi connectivity index (χ0n) is 16.7. The number of H-pyrrole nitrogens is 1.